The van der Waals surface area contributed by atoms with E-state index in [9.17, 15) is 4.79 Å². The number of piperidine rings is 1. The molecule has 126 valence electrons. The van der Waals surface area contributed by atoms with Crippen molar-refractivity contribution in [1.82, 2.24) is 14.9 Å². The Bertz CT molecular complexity index is 572. The van der Waals surface area contributed by atoms with Crippen molar-refractivity contribution in [3.8, 4) is 0 Å². The molecule has 0 unspecified atom stereocenters. The van der Waals surface area contributed by atoms with Gasteiger partial charge in [0.05, 0.1) is 4.47 Å². The number of aromatic nitrogens is 2. The molecule has 23 heavy (non-hydrogen) atoms. The average Bonchev–Trinajstić information content (AvgIpc) is 2.89. The van der Waals surface area contributed by atoms with Gasteiger partial charge in [-0.15, -0.1) is 0 Å². The molecule has 2 saturated heterocycles. The number of anilines is 1. The Hall–Kier alpha value is -1.37. The predicted molar refractivity (Wildman–Crippen MR) is 91.3 cm³/mol. The van der Waals surface area contributed by atoms with Crippen molar-refractivity contribution in [3.05, 3.63) is 16.9 Å². The molecule has 2 atom stereocenters. The lowest BCUT2D eigenvalue weighted by molar-refractivity contribution is 0.0140. The van der Waals surface area contributed by atoms with Crippen LogP contribution in [0.2, 0.25) is 0 Å². The molecule has 6 nitrogen and oxygen atoms in total. The van der Waals surface area contributed by atoms with Crippen LogP contribution in [0.15, 0.2) is 16.9 Å². The van der Waals surface area contributed by atoms with Gasteiger partial charge in [0, 0.05) is 38.6 Å². The number of ether oxygens (including phenoxy) is 1. The summed E-state index contributed by atoms with van der Waals surface area (Å²) in [6.07, 6.45) is 4.36. The summed E-state index contributed by atoms with van der Waals surface area (Å²) >= 11 is 3.36. The molecule has 3 rings (SSSR count). The van der Waals surface area contributed by atoms with Gasteiger partial charge in [0.1, 0.15) is 5.60 Å². The van der Waals surface area contributed by atoms with E-state index in [0.29, 0.717) is 11.8 Å². The maximum Gasteiger partial charge on any atom is 0.410 e. The van der Waals surface area contributed by atoms with Crippen LogP contribution in [0, 0.1) is 11.8 Å². The van der Waals surface area contributed by atoms with Gasteiger partial charge in [-0.3, -0.25) is 0 Å². The Morgan fingerprint density at radius 3 is 2.52 bits per heavy atom. The van der Waals surface area contributed by atoms with Gasteiger partial charge in [0.2, 0.25) is 5.95 Å². The summed E-state index contributed by atoms with van der Waals surface area (Å²) < 4.78 is 6.38. The van der Waals surface area contributed by atoms with Gasteiger partial charge in [0.25, 0.3) is 0 Å². The standard InChI is InChI=1S/C16H23BrN4O2/c1-16(2,3)23-15(22)20-5-4-11-8-21(10-12(11)9-20)14-18-6-13(17)7-19-14/h6-7,11-12H,4-5,8-10H2,1-3H3/t11-,12+/m0/s1. The quantitative estimate of drug-likeness (QED) is 0.747. The minimum absolute atomic E-state index is 0.200. The van der Waals surface area contributed by atoms with Crippen molar-refractivity contribution in [2.75, 3.05) is 31.1 Å². The number of rotatable bonds is 1. The van der Waals surface area contributed by atoms with Gasteiger partial charge >= 0.3 is 6.09 Å². The fraction of sp³-hybridized carbons (Fsp3) is 0.688. The number of amides is 1. The summed E-state index contributed by atoms with van der Waals surface area (Å²) in [5.74, 6) is 1.83. The molecule has 2 fully saturated rings. The molecule has 0 aliphatic carbocycles. The third-order valence-electron chi connectivity index (χ3n) is 4.34. The van der Waals surface area contributed by atoms with Gasteiger partial charge in [0.15, 0.2) is 0 Å². The summed E-state index contributed by atoms with van der Waals surface area (Å²) in [5, 5.41) is 0. The van der Waals surface area contributed by atoms with E-state index in [-0.39, 0.29) is 6.09 Å². The lowest BCUT2D eigenvalue weighted by Crippen LogP contribution is -2.45. The second-order valence-corrected chi connectivity index (χ2v) is 8.26. The van der Waals surface area contributed by atoms with E-state index in [1.807, 2.05) is 25.7 Å². The number of likely N-dealkylation sites (tertiary alicyclic amines) is 1. The lowest BCUT2D eigenvalue weighted by atomic mass is 9.89. The SMILES string of the molecule is CC(C)(C)OC(=O)N1CC[C@H]2CN(c3ncc(Br)cn3)C[C@H]2C1. The molecule has 1 aromatic heterocycles. The van der Waals surface area contributed by atoms with Crippen LogP contribution in [0.25, 0.3) is 0 Å². The van der Waals surface area contributed by atoms with E-state index in [1.54, 1.807) is 12.4 Å². The smallest absolute Gasteiger partial charge is 0.410 e. The van der Waals surface area contributed by atoms with Crippen molar-refractivity contribution in [3.63, 3.8) is 0 Å². The molecular weight excluding hydrogens is 360 g/mol. The van der Waals surface area contributed by atoms with Crippen LogP contribution in [0.1, 0.15) is 27.2 Å². The van der Waals surface area contributed by atoms with Crippen LogP contribution in [0.4, 0.5) is 10.7 Å². The fourth-order valence-electron chi connectivity index (χ4n) is 3.29. The van der Waals surface area contributed by atoms with E-state index in [1.165, 1.54) is 0 Å². The molecule has 0 saturated carbocycles. The highest BCUT2D eigenvalue weighted by Gasteiger charge is 2.40. The molecule has 0 N–H and O–H groups in total. The van der Waals surface area contributed by atoms with Crippen LogP contribution < -0.4 is 4.90 Å². The maximum atomic E-state index is 12.3. The normalized spacial score (nSPS) is 24.5. The third-order valence-corrected chi connectivity index (χ3v) is 4.75. The molecule has 7 heteroatoms. The molecule has 0 spiro atoms. The summed E-state index contributed by atoms with van der Waals surface area (Å²) in [6, 6.07) is 0. The average molecular weight is 383 g/mol. The first-order valence-electron chi connectivity index (χ1n) is 8.02. The number of fused-ring (bicyclic) bond motifs is 1. The number of carbonyl (C=O) groups excluding carboxylic acids is 1. The van der Waals surface area contributed by atoms with Crippen LogP contribution in [0.5, 0.6) is 0 Å². The number of hydrogen-bond donors (Lipinski definition) is 0. The van der Waals surface area contributed by atoms with Crippen LogP contribution in [-0.4, -0.2) is 52.7 Å². The van der Waals surface area contributed by atoms with E-state index >= 15 is 0 Å². The minimum Gasteiger partial charge on any atom is -0.444 e. The number of nitrogens with zero attached hydrogens (tertiary/aromatic N) is 4. The highest BCUT2D eigenvalue weighted by molar-refractivity contribution is 9.10. The van der Waals surface area contributed by atoms with E-state index in [2.05, 4.69) is 30.8 Å². The Kier molecular flexibility index (Phi) is 4.49. The Morgan fingerprint density at radius 2 is 1.87 bits per heavy atom. The first-order valence-corrected chi connectivity index (χ1v) is 8.81. The van der Waals surface area contributed by atoms with Gasteiger partial charge in [-0.25, -0.2) is 14.8 Å². The lowest BCUT2D eigenvalue weighted by Gasteiger charge is -2.35. The second-order valence-electron chi connectivity index (χ2n) is 7.34. The summed E-state index contributed by atoms with van der Waals surface area (Å²) in [6.45, 7) is 9.09. The van der Waals surface area contributed by atoms with Gasteiger partial charge in [-0.1, -0.05) is 0 Å². The van der Waals surface area contributed by atoms with E-state index < -0.39 is 5.60 Å². The monoisotopic (exact) mass is 382 g/mol. The molecule has 0 aromatic carbocycles. The summed E-state index contributed by atoms with van der Waals surface area (Å²) in [7, 11) is 0. The highest BCUT2D eigenvalue weighted by atomic mass is 79.9. The van der Waals surface area contributed by atoms with Crippen LogP contribution >= 0.6 is 15.9 Å². The first-order chi connectivity index (χ1) is 10.8. The molecule has 2 aliphatic heterocycles. The first kappa shape index (κ1) is 16.5. The van der Waals surface area contributed by atoms with Gasteiger partial charge < -0.3 is 14.5 Å². The molecule has 0 radical (unpaired) electrons. The van der Waals surface area contributed by atoms with Crippen molar-refractivity contribution in [2.45, 2.75) is 32.8 Å². The Morgan fingerprint density at radius 1 is 1.22 bits per heavy atom. The number of hydrogen-bond acceptors (Lipinski definition) is 5. The molecule has 1 aromatic rings. The number of carbonyl (C=O) groups is 1. The van der Waals surface area contributed by atoms with Crippen LogP contribution in [0.3, 0.4) is 0 Å². The second kappa shape index (κ2) is 6.26. The van der Waals surface area contributed by atoms with E-state index in [4.69, 9.17) is 4.74 Å². The summed E-state index contributed by atoms with van der Waals surface area (Å²) in [4.78, 5) is 25.1. The largest absolute Gasteiger partial charge is 0.444 e. The van der Waals surface area contributed by atoms with Crippen molar-refractivity contribution >= 4 is 28.0 Å². The Balaban J connectivity index is 1.61. The van der Waals surface area contributed by atoms with E-state index in [0.717, 1.165) is 43.0 Å². The highest BCUT2D eigenvalue weighted by Crippen LogP contribution is 2.33. The van der Waals surface area contributed by atoms with Gasteiger partial charge in [-0.05, 0) is 55.0 Å². The van der Waals surface area contributed by atoms with Crippen molar-refractivity contribution < 1.29 is 9.53 Å². The molecule has 0 bridgehead atoms. The van der Waals surface area contributed by atoms with Crippen LogP contribution in [-0.2, 0) is 4.74 Å². The Labute approximate surface area is 145 Å². The van der Waals surface area contributed by atoms with Gasteiger partial charge in [-0.2, -0.15) is 0 Å². The third kappa shape index (κ3) is 3.94. The van der Waals surface area contributed by atoms with Crippen molar-refractivity contribution in [2.24, 2.45) is 11.8 Å². The maximum absolute atomic E-state index is 12.3. The summed E-state index contributed by atoms with van der Waals surface area (Å²) in [5.41, 5.74) is -0.444. The van der Waals surface area contributed by atoms with Crippen molar-refractivity contribution in [1.29, 1.82) is 0 Å². The minimum atomic E-state index is -0.444. The number of halogens is 1. The molecule has 3 heterocycles. The zero-order chi connectivity index (χ0) is 16.6. The molecular formula is C16H23BrN4O2. The topological polar surface area (TPSA) is 58.6 Å². The zero-order valence-electron chi connectivity index (χ0n) is 13.8. The predicted octanol–water partition coefficient (Wildman–Crippen LogP) is 2.93. The molecule has 2 aliphatic rings. The fourth-order valence-corrected chi connectivity index (χ4v) is 3.50. The zero-order valence-corrected chi connectivity index (χ0v) is 15.4. The molecule has 1 amide bonds.